The zero-order valence-corrected chi connectivity index (χ0v) is 10.9. The average Bonchev–Trinajstić information content (AvgIpc) is 3.10. The first-order valence-electron chi connectivity index (χ1n) is 6.32. The lowest BCUT2D eigenvalue weighted by Gasteiger charge is -2.29. The molecule has 3 nitrogen and oxygen atoms in total. The van der Waals surface area contributed by atoms with Gasteiger partial charge in [-0.15, -0.1) is 0 Å². The van der Waals surface area contributed by atoms with Gasteiger partial charge in [0.15, 0.2) is 0 Å². The van der Waals surface area contributed by atoms with Gasteiger partial charge in [0.1, 0.15) is 5.75 Å². The van der Waals surface area contributed by atoms with E-state index >= 15 is 0 Å². The molecule has 0 spiro atoms. The molecule has 1 fully saturated rings. The third-order valence-electron chi connectivity index (χ3n) is 3.32. The largest absolute Gasteiger partial charge is 0.495 e. The van der Waals surface area contributed by atoms with Crippen LogP contribution in [0.25, 0.3) is 0 Å². The second-order valence-electron chi connectivity index (χ2n) is 5.12. The van der Waals surface area contributed by atoms with Gasteiger partial charge in [-0.3, -0.25) is 0 Å². The lowest BCUT2D eigenvalue weighted by molar-refractivity contribution is 0.417. The number of nitrogen functional groups attached to an aromatic ring is 1. The SMILES string of the molecule is COc1cc(N(CC2CC2)C(C)C)ccc1N. The van der Waals surface area contributed by atoms with Crippen LogP contribution < -0.4 is 15.4 Å². The Bertz CT molecular complexity index is 386. The number of benzene rings is 1. The highest BCUT2D eigenvalue weighted by Gasteiger charge is 2.25. The Labute approximate surface area is 104 Å². The molecule has 0 atom stereocenters. The molecule has 0 aromatic heterocycles. The summed E-state index contributed by atoms with van der Waals surface area (Å²) in [5.74, 6) is 1.64. The quantitative estimate of drug-likeness (QED) is 0.796. The maximum atomic E-state index is 5.85. The lowest BCUT2D eigenvalue weighted by Crippen LogP contribution is -2.32. The average molecular weight is 234 g/mol. The molecule has 0 amide bonds. The number of anilines is 2. The van der Waals surface area contributed by atoms with Crippen LogP contribution in [0, 0.1) is 5.92 Å². The van der Waals surface area contributed by atoms with Crippen molar-refractivity contribution >= 4 is 11.4 Å². The summed E-state index contributed by atoms with van der Waals surface area (Å²) in [4.78, 5) is 2.43. The maximum Gasteiger partial charge on any atom is 0.143 e. The standard InChI is InChI=1S/C14H22N2O/c1-10(2)16(9-11-4-5-11)12-6-7-13(15)14(8-12)17-3/h6-8,10-11H,4-5,9,15H2,1-3H3. The molecule has 0 heterocycles. The Morgan fingerprint density at radius 1 is 1.41 bits per heavy atom. The predicted octanol–water partition coefficient (Wildman–Crippen LogP) is 2.90. The highest BCUT2D eigenvalue weighted by Crippen LogP contribution is 2.34. The summed E-state index contributed by atoms with van der Waals surface area (Å²) >= 11 is 0. The molecule has 0 unspecified atom stereocenters. The number of nitrogens with zero attached hydrogens (tertiary/aromatic N) is 1. The Morgan fingerprint density at radius 2 is 2.12 bits per heavy atom. The van der Waals surface area contributed by atoms with Crippen LogP contribution in [0.3, 0.4) is 0 Å². The third kappa shape index (κ3) is 2.84. The predicted molar refractivity (Wildman–Crippen MR) is 72.6 cm³/mol. The van der Waals surface area contributed by atoms with Crippen molar-refractivity contribution in [1.29, 1.82) is 0 Å². The number of nitrogens with two attached hydrogens (primary N) is 1. The van der Waals surface area contributed by atoms with Crippen molar-refractivity contribution in [3.63, 3.8) is 0 Å². The van der Waals surface area contributed by atoms with E-state index in [1.54, 1.807) is 7.11 Å². The van der Waals surface area contributed by atoms with Gasteiger partial charge >= 0.3 is 0 Å². The molecule has 2 rings (SSSR count). The van der Waals surface area contributed by atoms with E-state index in [4.69, 9.17) is 10.5 Å². The van der Waals surface area contributed by atoms with Gasteiger partial charge in [0.25, 0.3) is 0 Å². The van der Waals surface area contributed by atoms with Gasteiger partial charge in [0.05, 0.1) is 12.8 Å². The van der Waals surface area contributed by atoms with Crippen molar-refractivity contribution in [2.75, 3.05) is 24.3 Å². The van der Waals surface area contributed by atoms with E-state index in [1.807, 2.05) is 12.1 Å². The summed E-state index contributed by atoms with van der Waals surface area (Å²) < 4.78 is 5.28. The van der Waals surface area contributed by atoms with E-state index in [0.29, 0.717) is 11.7 Å². The molecular formula is C14H22N2O. The molecule has 17 heavy (non-hydrogen) atoms. The topological polar surface area (TPSA) is 38.5 Å². The van der Waals surface area contributed by atoms with Gasteiger partial charge < -0.3 is 15.4 Å². The van der Waals surface area contributed by atoms with Crippen LogP contribution in [0.4, 0.5) is 11.4 Å². The second-order valence-corrected chi connectivity index (χ2v) is 5.12. The minimum atomic E-state index is 0.504. The van der Waals surface area contributed by atoms with Gasteiger partial charge in [-0.1, -0.05) is 0 Å². The van der Waals surface area contributed by atoms with Crippen LogP contribution in [0.1, 0.15) is 26.7 Å². The summed E-state index contributed by atoms with van der Waals surface area (Å²) in [6.07, 6.45) is 2.74. The van der Waals surface area contributed by atoms with Gasteiger partial charge in [-0.2, -0.15) is 0 Å². The van der Waals surface area contributed by atoms with Crippen molar-refractivity contribution in [2.24, 2.45) is 5.92 Å². The molecule has 1 aliphatic rings. The van der Waals surface area contributed by atoms with Crippen molar-refractivity contribution in [3.05, 3.63) is 18.2 Å². The fraction of sp³-hybridized carbons (Fsp3) is 0.571. The Morgan fingerprint density at radius 3 is 2.65 bits per heavy atom. The first kappa shape index (κ1) is 12.1. The summed E-state index contributed by atoms with van der Waals surface area (Å²) in [6.45, 7) is 5.60. The van der Waals surface area contributed by atoms with Crippen molar-refractivity contribution in [3.8, 4) is 5.75 Å². The smallest absolute Gasteiger partial charge is 0.143 e. The van der Waals surface area contributed by atoms with E-state index in [0.717, 1.165) is 18.2 Å². The van der Waals surface area contributed by atoms with Crippen molar-refractivity contribution in [1.82, 2.24) is 0 Å². The van der Waals surface area contributed by atoms with E-state index < -0.39 is 0 Å². The molecule has 94 valence electrons. The minimum absolute atomic E-state index is 0.504. The van der Waals surface area contributed by atoms with Gasteiger partial charge in [0.2, 0.25) is 0 Å². The number of hydrogen-bond acceptors (Lipinski definition) is 3. The normalized spacial score (nSPS) is 15.1. The first-order valence-corrected chi connectivity index (χ1v) is 6.32. The Hall–Kier alpha value is -1.38. The van der Waals surface area contributed by atoms with Crippen LogP contribution in [-0.4, -0.2) is 19.7 Å². The summed E-state index contributed by atoms with van der Waals surface area (Å²) in [7, 11) is 1.66. The van der Waals surface area contributed by atoms with Gasteiger partial charge in [-0.25, -0.2) is 0 Å². The van der Waals surface area contributed by atoms with Crippen LogP contribution in [0.15, 0.2) is 18.2 Å². The number of ether oxygens (including phenoxy) is 1. The third-order valence-corrected chi connectivity index (χ3v) is 3.32. The van der Waals surface area contributed by atoms with Gasteiger partial charge in [-0.05, 0) is 44.7 Å². The fourth-order valence-electron chi connectivity index (χ4n) is 2.07. The molecule has 0 radical (unpaired) electrons. The highest BCUT2D eigenvalue weighted by atomic mass is 16.5. The van der Waals surface area contributed by atoms with Crippen LogP contribution >= 0.6 is 0 Å². The van der Waals surface area contributed by atoms with Crippen molar-refractivity contribution in [2.45, 2.75) is 32.7 Å². The summed E-state index contributed by atoms with van der Waals surface area (Å²) in [5.41, 5.74) is 7.75. The molecule has 3 heteroatoms. The summed E-state index contributed by atoms with van der Waals surface area (Å²) in [6, 6.07) is 6.55. The monoisotopic (exact) mass is 234 g/mol. The highest BCUT2D eigenvalue weighted by molar-refractivity contribution is 5.62. The lowest BCUT2D eigenvalue weighted by atomic mass is 10.2. The number of hydrogen-bond donors (Lipinski definition) is 1. The van der Waals surface area contributed by atoms with Crippen LogP contribution in [0.5, 0.6) is 5.75 Å². The maximum absolute atomic E-state index is 5.85. The summed E-state index contributed by atoms with van der Waals surface area (Å²) in [5, 5.41) is 0. The molecule has 1 aromatic rings. The molecule has 1 aliphatic carbocycles. The van der Waals surface area contributed by atoms with Crippen LogP contribution in [0.2, 0.25) is 0 Å². The van der Waals surface area contributed by atoms with Crippen molar-refractivity contribution < 1.29 is 4.74 Å². The molecular weight excluding hydrogens is 212 g/mol. The zero-order valence-electron chi connectivity index (χ0n) is 10.9. The molecule has 1 saturated carbocycles. The second kappa shape index (κ2) is 4.86. The Kier molecular flexibility index (Phi) is 3.46. The molecule has 0 saturated heterocycles. The zero-order chi connectivity index (χ0) is 12.4. The first-order chi connectivity index (χ1) is 8.11. The molecule has 0 bridgehead atoms. The van der Waals surface area contributed by atoms with E-state index in [-0.39, 0.29) is 0 Å². The number of methoxy groups -OCH3 is 1. The number of rotatable bonds is 5. The fourth-order valence-corrected chi connectivity index (χ4v) is 2.07. The van der Waals surface area contributed by atoms with E-state index in [2.05, 4.69) is 24.8 Å². The minimum Gasteiger partial charge on any atom is -0.495 e. The van der Waals surface area contributed by atoms with Crippen LogP contribution in [-0.2, 0) is 0 Å². The van der Waals surface area contributed by atoms with E-state index in [1.165, 1.54) is 18.5 Å². The molecule has 2 N–H and O–H groups in total. The molecule has 1 aromatic carbocycles. The van der Waals surface area contributed by atoms with E-state index in [9.17, 15) is 0 Å². The van der Waals surface area contributed by atoms with Gasteiger partial charge in [0, 0.05) is 24.3 Å². The molecule has 0 aliphatic heterocycles. The Balaban J connectivity index is 2.21.